The summed E-state index contributed by atoms with van der Waals surface area (Å²) < 4.78 is 0. The van der Waals surface area contributed by atoms with Crippen molar-refractivity contribution in [3.05, 3.63) is 0 Å². The molecule has 0 aromatic rings. The molecule has 0 unspecified atom stereocenters. The van der Waals surface area contributed by atoms with Crippen molar-refractivity contribution in [2.24, 2.45) is 5.73 Å². The van der Waals surface area contributed by atoms with Gasteiger partial charge in [0.25, 0.3) is 0 Å². The lowest BCUT2D eigenvalue weighted by Gasteiger charge is -2.18. The summed E-state index contributed by atoms with van der Waals surface area (Å²) in [5.41, 5.74) is 5.49. The number of hydrogen-bond donors (Lipinski definition) is 2. The first-order valence-electron chi connectivity index (χ1n) is 4.39. The first kappa shape index (κ1) is 11.4. The van der Waals surface area contributed by atoms with Crippen molar-refractivity contribution >= 4 is 5.91 Å². The Bertz CT molecular complexity index is 147. The van der Waals surface area contributed by atoms with E-state index in [2.05, 4.69) is 5.32 Å². The molecule has 0 aliphatic rings. The molecule has 0 spiro atoms. The van der Waals surface area contributed by atoms with Crippen LogP contribution in [0.25, 0.3) is 0 Å². The molecule has 0 aromatic carbocycles. The summed E-state index contributed by atoms with van der Waals surface area (Å²) in [6.07, 6.45) is 1.24. The van der Waals surface area contributed by atoms with Crippen LogP contribution in [0, 0.1) is 0 Å². The van der Waals surface area contributed by atoms with Gasteiger partial charge in [0.2, 0.25) is 5.91 Å². The molecule has 0 atom stereocenters. The van der Waals surface area contributed by atoms with Gasteiger partial charge in [0.1, 0.15) is 0 Å². The Morgan fingerprint density at radius 3 is 2.33 bits per heavy atom. The maximum atomic E-state index is 11.1. The summed E-state index contributed by atoms with van der Waals surface area (Å²) in [5, 5.41) is 2.82. The molecule has 0 aliphatic carbocycles. The fourth-order valence-corrected chi connectivity index (χ4v) is 0.830. The van der Waals surface area contributed by atoms with E-state index in [0.29, 0.717) is 6.42 Å². The van der Waals surface area contributed by atoms with Gasteiger partial charge in [-0.15, -0.1) is 0 Å². The smallest absolute Gasteiger partial charge is 0.220 e. The number of carbonyl (C=O) groups excluding carboxylic acids is 1. The van der Waals surface area contributed by atoms with E-state index in [-0.39, 0.29) is 17.5 Å². The minimum atomic E-state index is -0.242. The zero-order valence-electron chi connectivity index (χ0n) is 8.48. The van der Waals surface area contributed by atoms with Gasteiger partial charge < -0.3 is 11.1 Å². The van der Waals surface area contributed by atoms with Crippen LogP contribution in [-0.4, -0.2) is 17.5 Å². The molecule has 3 nitrogen and oxygen atoms in total. The summed E-state index contributed by atoms with van der Waals surface area (Å²) in [5.74, 6) is 0.0866. The van der Waals surface area contributed by atoms with Crippen molar-refractivity contribution in [3.8, 4) is 0 Å². The van der Waals surface area contributed by atoms with Crippen LogP contribution in [0.3, 0.4) is 0 Å². The lowest BCUT2D eigenvalue weighted by atomic mass is 10.00. The largest absolute Gasteiger partial charge is 0.354 e. The molecule has 3 heteroatoms. The SMILES string of the molecule is CC(C)NC(=O)CCC(C)(C)N. The number of nitrogens with two attached hydrogens (primary N) is 1. The Morgan fingerprint density at radius 1 is 1.50 bits per heavy atom. The second-order valence-electron chi connectivity index (χ2n) is 4.21. The monoisotopic (exact) mass is 172 g/mol. The Hall–Kier alpha value is -0.570. The molecule has 3 N–H and O–H groups in total. The van der Waals surface area contributed by atoms with E-state index < -0.39 is 0 Å². The highest BCUT2D eigenvalue weighted by Gasteiger charge is 2.13. The fraction of sp³-hybridized carbons (Fsp3) is 0.889. The van der Waals surface area contributed by atoms with Gasteiger partial charge in [0.05, 0.1) is 0 Å². The molecule has 0 bridgehead atoms. The molecule has 0 fully saturated rings. The summed E-state index contributed by atoms with van der Waals surface area (Å²) >= 11 is 0. The van der Waals surface area contributed by atoms with Crippen molar-refractivity contribution in [2.75, 3.05) is 0 Å². The Labute approximate surface area is 74.7 Å². The van der Waals surface area contributed by atoms with Crippen LogP contribution in [0.15, 0.2) is 0 Å². The van der Waals surface area contributed by atoms with E-state index in [9.17, 15) is 4.79 Å². The maximum Gasteiger partial charge on any atom is 0.220 e. The summed E-state index contributed by atoms with van der Waals surface area (Å²) in [7, 11) is 0. The van der Waals surface area contributed by atoms with E-state index >= 15 is 0 Å². The quantitative estimate of drug-likeness (QED) is 0.665. The zero-order chi connectivity index (χ0) is 9.78. The molecule has 0 aromatic heterocycles. The molecule has 0 aliphatic heterocycles. The van der Waals surface area contributed by atoms with Crippen molar-refractivity contribution in [1.82, 2.24) is 5.32 Å². The fourth-order valence-electron chi connectivity index (χ4n) is 0.830. The highest BCUT2D eigenvalue weighted by molar-refractivity contribution is 5.76. The van der Waals surface area contributed by atoms with Crippen LogP contribution in [0.1, 0.15) is 40.5 Å². The number of nitrogens with one attached hydrogen (secondary N) is 1. The van der Waals surface area contributed by atoms with Crippen LogP contribution in [0.2, 0.25) is 0 Å². The van der Waals surface area contributed by atoms with Gasteiger partial charge in [-0.25, -0.2) is 0 Å². The summed E-state index contributed by atoms with van der Waals surface area (Å²) in [6.45, 7) is 7.75. The lowest BCUT2D eigenvalue weighted by molar-refractivity contribution is -0.121. The molecule has 1 amide bonds. The third kappa shape index (κ3) is 7.54. The predicted octanol–water partition coefficient (Wildman–Crippen LogP) is 1.03. The topological polar surface area (TPSA) is 55.1 Å². The van der Waals surface area contributed by atoms with E-state index in [1.54, 1.807) is 0 Å². The molecule has 0 saturated heterocycles. The average Bonchev–Trinajstić information content (AvgIpc) is 1.80. The molecule has 0 rings (SSSR count). The van der Waals surface area contributed by atoms with Gasteiger partial charge in [-0.1, -0.05) is 0 Å². The van der Waals surface area contributed by atoms with E-state index in [1.807, 2.05) is 27.7 Å². The van der Waals surface area contributed by atoms with Crippen molar-refractivity contribution in [3.63, 3.8) is 0 Å². The third-order valence-electron chi connectivity index (χ3n) is 1.45. The predicted molar refractivity (Wildman–Crippen MR) is 50.8 cm³/mol. The molecule has 0 heterocycles. The molecular weight excluding hydrogens is 152 g/mol. The average molecular weight is 172 g/mol. The third-order valence-corrected chi connectivity index (χ3v) is 1.45. The number of carbonyl (C=O) groups is 1. The Morgan fingerprint density at radius 2 is 2.00 bits per heavy atom. The van der Waals surface area contributed by atoms with Gasteiger partial charge in [0, 0.05) is 18.0 Å². The lowest BCUT2D eigenvalue weighted by Crippen LogP contribution is -2.36. The zero-order valence-corrected chi connectivity index (χ0v) is 8.48. The van der Waals surface area contributed by atoms with Crippen molar-refractivity contribution < 1.29 is 4.79 Å². The first-order chi connectivity index (χ1) is 5.31. The second kappa shape index (κ2) is 4.45. The van der Waals surface area contributed by atoms with Crippen LogP contribution >= 0.6 is 0 Å². The molecule has 0 radical (unpaired) electrons. The summed E-state index contributed by atoms with van der Waals surface area (Å²) in [6, 6.07) is 0.221. The van der Waals surface area contributed by atoms with Crippen LogP contribution in [0.4, 0.5) is 0 Å². The first-order valence-corrected chi connectivity index (χ1v) is 4.39. The van der Waals surface area contributed by atoms with E-state index in [0.717, 1.165) is 6.42 Å². The molecular formula is C9H20N2O. The maximum absolute atomic E-state index is 11.1. The number of rotatable bonds is 4. The molecule has 72 valence electrons. The van der Waals surface area contributed by atoms with Crippen LogP contribution < -0.4 is 11.1 Å². The van der Waals surface area contributed by atoms with Crippen LogP contribution in [0.5, 0.6) is 0 Å². The van der Waals surface area contributed by atoms with Crippen molar-refractivity contribution in [2.45, 2.75) is 52.1 Å². The highest BCUT2D eigenvalue weighted by Crippen LogP contribution is 2.06. The van der Waals surface area contributed by atoms with Gasteiger partial charge in [-0.05, 0) is 34.1 Å². The minimum Gasteiger partial charge on any atom is -0.354 e. The second-order valence-corrected chi connectivity index (χ2v) is 4.21. The summed E-state index contributed by atoms with van der Waals surface area (Å²) in [4.78, 5) is 11.1. The van der Waals surface area contributed by atoms with E-state index in [1.165, 1.54) is 0 Å². The normalized spacial score (nSPS) is 11.8. The standard InChI is InChI=1S/C9H20N2O/c1-7(2)11-8(12)5-6-9(3,4)10/h7H,5-6,10H2,1-4H3,(H,11,12). The molecule has 0 saturated carbocycles. The minimum absolute atomic E-state index is 0.0866. The van der Waals surface area contributed by atoms with Gasteiger partial charge >= 0.3 is 0 Å². The Balaban J connectivity index is 3.58. The molecule has 12 heavy (non-hydrogen) atoms. The van der Waals surface area contributed by atoms with Crippen LogP contribution in [-0.2, 0) is 4.79 Å². The van der Waals surface area contributed by atoms with Crippen molar-refractivity contribution in [1.29, 1.82) is 0 Å². The van der Waals surface area contributed by atoms with Gasteiger partial charge in [-0.2, -0.15) is 0 Å². The number of amides is 1. The Kier molecular flexibility index (Phi) is 4.24. The highest BCUT2D eigenvalue weighted by atomic mass is 16.1. The van der Waals surface area contributed by atoms with Gasteiger partial charge in [0.15, 0.2) is 0 Å². The number of hydrogen-bond acceptors (Lipinski definition) is 2. The van der Waals surface area contributed by atoms with Gasteiger partial charge in [-0.3, -0.25) is 4.79 Å². The van der Waals surface area contributed by atoms with E-state index in [4.69, 9.17) is 5.73 Å².